The molecule has 0 radical (unpaired) electrons. The van der Waals surface area contributed by atoms with Gasteiger partial charge in [-0.1, -0.05) is 11.6 Å². The smallest absolute Gasteiger partial charge is 0.329 e. The number of nitro groups is 1. The molecule has 0 aliphatic heterocycles. The number of nitro benzene ring substituents is 1. The zero-order valence-electron chi connectivity index (χ0n) is 6.58. The summed E-state index contributed by atoms with van der Waals surface area (Å²) in [5, 5.41) is 10.2. The summed E-state index contributed by atoms with van der Waals surface area (Å²) in [4.78, 5) is 9.71. The fraction of sp³-hybridized carbons (Fsp3) is 0.143. The molecule has 0 heterocycles. The molecule has 0 unspecified atom stereocenters. The largest absolute Gasteiger partial charge is 0.490 e. The van der Waals surface area contributed by atoms with Crippen molar-refractivity contribution in [3.63, 3.8) is 0 Å². The van der Waals surface area contributed by atoms with Crippen LogP contribution in [0.1, 0.15) is 0 Å². The van der Waals surface area contributed by atoms with Crippen LogP contribution in [-0.2, 0) is 0 Å². The van der Waals surface area contributed by atoms with E-state index in [0.29, 0.717) is 0 Å². The van der Waals surface area contributed by atoms with Crippen LogP contribution in [0.2, 0.25) is 5.02 Å². The third-order valence-corrected chi connectivity index (χ3v) is 1.68. The average molecular weight is 206 g/mol. The summed E-state index contributed by atoms with van der Waals surface area (Å²) in [7, 11) is 1.21. The molecular weight excluding hydrogens is 201 g/mol. The highest BCUT2D eigenvalue weighted by Crippen LogP contribution is 2.34. The van der Waals surface area contributed by atoms with E-state index in [2.05, 4.69) is 4.74 Å². The summed E-state index contributed by atoms with van der Waals surface area (Å²) in [6, 6.07) is 1.77. The molecule has 0 amide bonds. The molecule has 1 aromatic rings. The summed E-state index contributed by atoms with van der Waals surface area (Å²) in [5.74, 6) is -0.859. The van der Waals surface area contributed by atoms with Gasteiger partial charge in [0.1, 0.15) is 10.8 Å². The van der Waals surface area contributed by atoms with Crippen molar-refractivity contribution >= 4 is 17.3 Å². The number of hydrogen-bond donors (Lipinski definition) is 0. The Hall–Kier alpha value is -1.36. The third-order valence-electron chi connectivity index (χ3n) is 1.40. The van der Waals surface area contributed by atoms with Crippen LogP contribution in [0.3, 0.4) is 0 Å². The normalized spacial score (nSPS) is 9.77. The Morgan fingerprint density at radius 3 is 2.69 bits per heavy atom. The number of hydrogen-bond acceptors (Lipinski definition) is 3. The average Bonchev–Trinajstić information content (AvgIpc) is 2.01. The first-order chi connectivity index (χ1) is 6.06. The Labute approximate surface area is 78.0 Å². The van der Waals surface area contributed by atoms with E-state index in [0.717, 1.165) is 12.1 Å². The number of rotatable bonds is 2. The summed E-state index contributed by atoms with van der Waals surface area (Å²) >= 11 is 5.45. The molecule has 0 saturated carbocycles. The first-order valence-corrected chi connectivity index (χ1v) is 3.61. The molecule has 70 valence electrons. The molecular formula is C7H5ClFNO3. The molecule has 0 aliphatic carbocycles. The highest BCUT2D eigenvalue weighted by Gasteiger charge is 2.20. The summed E-state index contributed by atoms with van der Waals surface area (Å²) in [6.07, 6.45) is 0. The van der Waals surface area contributed by atoms with Gasteiger partial charge in [-0.2, -0.15) is 0 Å². The van der Waals surface area contributed by atoms with Gasteiger partial charge in [0.2, 0.25) is 5.75 Å². The first kappa shape index (κ1) is 9.73. The molecule has 0 bridgehead atoms. The van der Waals surface area contributed by atoms with Crippen molar-refractivity contribution in [3.8, 4) is 5.75 Å². The van der Waals surface area contributed by atoms with Crippen molar-refractivity contribution < 1.29 is 14.1 Å². The fourth-order valence-electron chi connectivity index (χ4n) is 0.875. The second-order valence-electron chi connectivity index (χ2n) is 2.20. The third kappa shape index (κ3) is 1.86. The lowest BCUT2D eigenvalue weighted by molar-refractivity contribution is -0.385. The summed E-state index contributed by atoms with van der Waals surface area (Å²) in [5.41, 5.74) is -0.425. The van der Waals surface area contributed by atoms with E-state index < -0.39 is 16.4 Å². The zero-order chi connectivity index (χ0) is 10.0. The molecule has 1 rings (SSSR count). The Morgan fingerprint density at radius 2 is 2.23 bits per heavy atom. The van der Waals surface area contributed by atoms with Crippen LogP contribution in [-0.4, -0.2) is 12.0 Å². The fourth-order valence-corrected chi connectivity index (χ4v) is 1.14. The maximum absolute atomic E-state index is 12.7. The highest BCUT2D eigenvalue weighted by molar-refractivity contribution is 6.33. The van der Waals surface area contributed by atoms with Gasteiger partial charge in [-0.3, -0.25) is 10.1 Å². The van der Waals surface area contributed by atoms with E-state index in [9.17, 15) is 14.5 Å². The predicted molar refractivity (Wildman–Crippen MR) is 44.6 cm³/mol. The van der Waals surface area contributed by atoms with Gasteiger partial charge in [0, 0.05) is 6.07 Å². The van der Waals surface area contributed by atoms with Crippen LogP contribution < -0.4 is 4.74 Å². The summed E-state index contributed by atoms with van der Waals surface area (Å²) < 4.78 is 17.3. The van der Waals surface area contributed by atoms with Gasteiger partial charge in [0.15, 0.2) is 0 Å². The van der Waals surface area contributed by atoms with Gasteiger partial charge in [0.05, 0.1) is 12.0 Å². The molecule has 0 N–H and O–H groups in total. The molecule has 0 aromatic heterocycles. The molecule has 13 heavy (non-hydrogen) atoms. The van der Waals surface area contributed by atoms with Gasteiger partial charge < -0.3 is 4.74 Å². The van der Waals surface area contributed by atoms with E-state index >= 15 is 0 Å². The van der Waals surface area contributed by atoms with Crippen LogP contribution in [0.5, 0.6) is 5.75 Å². The minimum atomic E-state index is -0.722. The van der Waals surface area contributed by atoms with Gasteiger partial charge in [-0.05, 0) is 6.07 Å². The lowest BCUT2D eigenvalue weighted by Crippen LogP contribution is -1.95. The number of methoxy groups -OCH3 is 1. The van der Waals surface area contributed by atoms with Crippen LogP contribution in [0.4, 0.5) is 10.1 Å². The molecule has 0 saturated heterocycles. The Kier molecular flexibility index (Phi) is 2.67. The number of ether oxygens (including phenoxy) is 1. The maximum atomic E-state index is 12.7. The molecule has 1 aromatic carbocycles. The highest BCUT2D eigenvalue weighted by atomic mass is 35.5. The van der Waals surface area contributed by atoms with Gasteiger partial charge in [-0.15, -0.1) is 0 Å². The monoisotopic (exact) mass is 205 g/mol. The predicted octanol–water partition coefficient (Wildman–Crippen LogP) is 2.40. The number of halogens is 2. The van der Waals surface area contributed by atoms with Crippen LogP contribution in [0.15, 0.2) is 12.1 Å². The van der Waals surface area contributed by atoms with Crippen molar-refractivity contribution in [1.29, 1.82) is 0 Å². The minimum absolute atomic E-state index is 0.185. The molecule has 0 fully saturated rings. The van der Waals surface area contributed by atoms with E-state index in [4.69, 9.17) is 11.6 Å². The van der Waals surface area contributed by atoms with E-state index in [1.807, 2.05) is 0 Å². The number of benzene rings is 1. The van der Waals surface area contributed by atoms with E-state index in [1.54, 1.807) is 0 Å². The quantitative estimate of drug-likeness (QED) is 0.550. The van der Waals surface area contributed by atoms with Crippen molar-refractivity contribution in [2.75, 3.05) is 7.11 Å². The standard InChI is InChI=1S/C7H5ClFNO3/c1-13-6-3-4(9)2-5(8)7(6)10(11)12/h2-3H,1H3. The SMILES string of the molecule is COc1cc(F)cc(Cl)c1[N+](=O)[O-]. The van der Waals surface area contributed by atoms with Crippen LogP contribution in [0, 0.1) is 15.9 Å². The first-order valence-electron chi connectivity index (χ1n) is 3.23. The molecule has 0 atom stereocenters. The minimum Gasteiger partial charge on any atom is -0.490 e. The van der Waals surface area contributed by atoms with Gasteiger partial charge in [0.25, 0.3) is 0 Å². The molecule has 4 nitrogen and oxygen atoms in total. The van der Waals surface area contributed by atoms with Crippen molar-refractivity contribution in [2.24, 2.45) is 0 Å². The van der Waals surface area contributed by atoms with E-state index in [1.165, 1.54) is 7.11 Å². The Bertz CT molecular complexity index is 356. The second-order valence-corrected chi connectivity index (χ2v) is 2.60. The molecule has 0 spiro atoms. The summed E-state index contributed by atoms with van der Waals surface area (Å²) in [6.45, 7) is 0. The maximum Gasteiger partial charge on any atom is 0.329 e. The Balaban J connectivity index is 3.38. The zero-order valence-corrected chi connectivity index (χ0v) is 7.34. The van der Waals surface area contributed by atoms with Crippen LogP contribution >= 0.6 is 11.6 Å². The molecule has 0 aliphatic rings. The molecule has 6 heteroatoms. The van der Waals surface area contributed by atoms with Crippen molar-refractivity contribution in [3.05, 3.63) is 33.1 Å². The Morgan fingerprint density at radius 1 is 1.62 bits per heavy atom. The van der Waals surface area contributed by atoms with Crippen LogP contribution in [0.25, 0.3) is 0 Å². The lowest BCUT2D eigenvalue weighted by Gasteiger charge is -2.02. The van der Waals surface area contributed by atoms with Gasteiger partial charge >= 0.3 is 5.69 Å². The van der Waals surface area contributed by atoms with Crippen molar-refractivity contribution in [2.45, 2.75) is 0 Å². The second kappa shape index (κ2) is 3.57. The lowest BCUT2D eigenvalue weighted by atomic mass is 10.3. The topological polar surface area (TPSA) is 52.4 Å². The van der Waals surface area contributed by atoms with Gasteiger partial charge in [-0.25, -0.2) is 4.39 Å². The number of nitrogens with zero attached hydrogens (tertiary/aromatic N) is 1. The van der Waals surface area contributed by atoms with E-state index in [-0.39, 0.29) is 10.8 Å². The van der Waals surface area contributed by atoms with Crippen molar-refractivity contribution in [1.82, 2.24) is 0 Å².